The van der Waals surface area contributed by atoms with Crippen LogP contribution in [0.4, 0.5) is 0 Å². The molecule has 0 N–H and O–H groups in total. The van der Waals surface area contributed by atoms with Crippen LogP contribution in [0.3, 0.4) is 0 Å². The lowest BCUT2D eigenvalue weighted by molar-refractivity contribution is -0.361. The van der Waals surface area contributed by atoms with E-state index in [1.54, 1.807) is 0 Å². The molecule has 2 aliphatic heterocycles. The van der Waals surface area contributed by atoms with Crippen LogP contribution in [0.5, 0.6) is 0 Å². The second-order valence-electron chi connectivity index (χ2n) is 9.64. The molecule has 10 atom stereocenters. The second-order valence-corrected chi connectivity index (χ2v) is 9.64. The summed E-state index contributed by atoms with van der Waals surface area (Å²) in [6, 6.07) is 0. The average molecular weight is 621 g/mol. The van der Waals surface area contributed by atoms with Crippen molar-refractivity contribution in [1.29, 1.82) is 0 Å². The molecule has 0 aromatic rings. The standard InChI is InChI=1S/C26H36O17/c1-10-19(36-12(3)28)21(38-14(5)30)23(40-16(7)32)25(35-10)43-24-22(39-15(6)31)20(37-13(4)29)18(9-34-11(2)27)42-26(24)41-17(8)33/h10,18-26H,9H2,1-8H3/t10-,18+,19-,20+,21-,22+,23+,24+,25-,26+/m1/s1. The number of rotatable bonds is 10. The first kappa shape index (κ1) is 35.4. The molecule has 0 unspecified atom stereocenters. The Morgan fingerprint density at radius 2 is 0.884 bits per heavy atom. The van der Waals surface area contributed by atoms with Crippen LogP contribution in [0.15, 0.2) is 0 Å². The molecule has 17 heteroatoms. The van der Waals surface area contributed by atoms with Gasteiger partial charge in [-0.2, -0.15) is 0 Å². The first-order chi connectivity index (χ1) is 20.0. The molecule has 0 saturated carbocycles. The minimum atomic E-state index is -1.70. The molecule has 2 aliphatic rings. The van der Waals surface area contributed by atoms with Gasteiger partial charge < -0.3 is 47.4 Å². The van der Waals surface area contributed by atoms with Crippen LogP contribution in [-0.4, -0.2) is 110 Å². The predicted octanol–water partition coefficient (Wildman–Crippen LogP) is -0.374. The van der Waals surface area contributed by atoms with Gasteiger partial charge in [-0.3, -0.25) is 33.6 Å². The van der Waals surface area contributed by atoms with Gasteiger partial charge in [-0.05, 0) is 6.92 Å². The largest absolute Gasteiger partial charge is 0.463 e. The first-order valence-electron chi connectivity index (χ1n) is 13.1. The Bertz CT molecular complexity index is 1070. The van der Waals surface area contributed by atoms with Crippen LogP contribution in [0.25, 0.3) is 0 Å². The van der Waals surface area contributed by atoms with E-state index in [1.807, 2.05) is 0 Å². The fourth-order valence-electron chi connectivity index (χ4n) is 4.51. The van der Waals surface area contributed by atoms with Crippen LogP contribution in [0.1, 0.15) is 55.4 Å². The number of hydrogen-bond acceptors (Lipinski definition) is 17. The van der Waals surface area contributed by atoms with Gasteiger partial charge in [0.1, 0.15) is 12.7 Å². The van der Waals surface area contributed by atoms with E-state index in [9.17, 15) is 33.6 Å². The zero-order chi connectivity index (χ0) is 32.6. The Labute approximate surface area is 246 Å². The van der Waals surface area contributed by atoms with Crippen molar-refractivity contribution in [3.63, 3.8) is 0 Å². The summed E-state index contributed by atoms with van der Waals surface area (Å²) in [4.78, 5) is 83.7. The molecule has 242 valence electrons. The van der Waals surface area contributed by atoms with E-state index in [1.165, 1.54) is 6.92 Å². The molecule has 0 radical (unpaired) electrons. The molecule has 0 spiro atoms. The quantitative estimate of drug-likeness (QED) is 0.225. The molecule has 0 aliphatic carbocycles. The van der Waals surface area contributed by atoms with Crippen molar-refractivity contribution < 1.29 is 80.9 Å². The Morgan fingerprint density at radius 3 is 1.35 bits per heavy atom. The summed E-state index contributed by atoms with van der Waals surface area (Å²) in [6.45, 7) is 8.42. The summed E-state index contributed by atoms with van der Waals surface area (Å²) in [5.41, 5.74) is 0. The van der Waals surface area contributed by atoms with Gasteiger partial charge in [-0.25, -0.2) is 0 Å². The fraction of sp³-hybridized carbons (Fsp3) is 0.731. The van der Waals surface area contributed by atoms with Gasteiger partial charge >= 0.3 is 41.8 Å². The highest BCUT2D eigenvalue weighted by Crippen LogP contribution is 2.35. The SMILES string of the molecule is CC(=O)OC[C@@H]1O[C@H](OC(C)=O)[C@@H](O[C@H]2O[C@H](C)[C@@H](OC(C)=O)[C@@H](OC(C)=O)[C@@H]2OC(C)=O)[C@@H](OC(C)=O)[C@H]1OC(C)=O. The molecule has 2 fully saturated rings. The van der Waals surface area contributed by atoms with Crippen LogP contribution < -0.4 is 0 Å². The van der Waals surface area contributed by atoms with E-state index in [-0.39, 0.29) is 0 Å². The Morgan fingerprint density at radius 1 is 0.465 bits per heavy atom. The molecule has 0 aromatic heterocycles. The third-order valence-corrected chi connectivity index (χ3v) is 5.85. The topological polar surface area (TPSA) is 212 Å². The normalized spacial score (nSPS) is 31.9. The van der Waals surface area contributed by atoms with Crippen molar-refractivity contribution in [3.05, 3.63) is 0 Å². The minimum Gasteiger partial charge on any atom is -0.463 e. The first-order valence-corrected chi connectivity index (χ1v) is 13.1. The third kappa shape index (κ3) is 10.4. The fourth-order valence-corrected chi connectivity index (χ4v) is 4.51. The average Bonchev–Trinajstić information content (AvgIpc) is 2.84. The molecule has 43 heavy (non-hydrogen) atoms. The van der Waals surface area contributed by atoms with E-state index >= 15 is 0 Å². The molecule has 2 saturated heterocycles. The molecular formula is C26H36O17. The maximum absolute atomic E-state index is 12.2. The zero-order valence-electron chi connectivity index (χ0n) is 24.9. The number of ether oxygens (including phenoxy) is 10. The maximum atomic E-state index is 12.2. The van der Waals surface area contributed by atoms with Crippen molar-refractivity contribution in [1.82, 2.24) is 0 Å². The number of carbonyl (C=O) groups is 7. The van der Waals surface area contributed by atoms with Crippen LogP contribution in [0, 0.1) is 0 Å². The van der Waals surface area contributed by atoms with Gasteiger partial charge in [0.25, 0.3) is 0 Å². The lowest BCUT2D eigenvalue weighted by Gasteiger charge is -2.48. The number of carbonyl (C=O) groups excluding carboxylic acids is 7. The summed E-state index contributed by atoms with van der Waals surface area (Å²) in [5, 5.41) is 0. The summed E-state index contributed by atoms with van der Waals surface area (Å²) in [5.74, 6) is -5.78. The van der Waals surface area contributed by atoms with Gasteiger partial charge in [0, 0.05) is 48.5 Å². The Kier molecular flexibility index (Phi) is 12.8. The van der Waals surface area contributed by atoms with E-state index < -0.39 is 110 Å². The van der Waals surface area contributed by atoms with Gasteiger partial charge in [0.05, 0.1) is 6.10 Å². The van der Waals surface area contributed by atoms with Crippen LogP contribution >= 0.6 is 0 Å². The Balaban J connectivity index is 2.62. The zero-order valence-corrected chi connectivity index (χ0v) is 24.9. The molecule has 2 rings (SSSR count). The minimum absolute atomic E-state index is 0.513. The molecule has 0 aromatic carbocycles. The van der Waals surface area contributed by atoms with Gasteiger partial charge in [-0.15, -0.1) is 0 Å². The molecule has 17 nitrogen and oxygen atoms in total. The van der Waals surface area contributed by atoms with Crippen molar-refractivity contribution in [2.24, 2.45) is 0 Å². The molecule has 0 amide bonds. The van der Waals surface area contributed by atoms with Gasteiger partial charge in [-0.1, -0.05) is 0 Å². The summed E-state index contributed by atoms with van der Waals surface area (Å²) in [7, 11) is 0. The highest BCUT2D eigenvalue weighted by atomic mass is 16.8. The summed E-state index contributed by atoms with van der Waals surface area (Å²) >= 11 is 0. The third-order valence-electron chi connectivity index (χ3n) is 5.85. The highest BCUT2D eigenvalue weighted by molar-refractivity contribution is 5.69. The van der Waals surface area contributed by atoms with Crippen molar-refractivity contribution in [2.75, 3.05) is 6.61 Å². The smallest absolute Gasteiger partial charge is 0.305 e. The van der Waals surface area contributed by atoms with Gasteiger partial charge in [0.15, 0.2) is 42.9 Å². The second kappa shape index (κ2) is 15.6. The lowest BCUT2D eigenvalue weighted by Crippen LogP contribution is -2.66. The van der Waals surface area contributed by atoms with Crippen molar-refractivity contribution in [2.45, 2.75) is 117 Å². The van der Waals surface area contributed by atoms with Crippen molar-refractivity contribution in [3.8, 4) is 0 Å². The molecular weight excluding hydrogens is 584 g/mol. The van der Waals surface area contributed by atoms with E-state index in [2.05, 4.69) is 0 Å². The molecule has 0 bridgehead atoms. The van der Waals surface area contributed by atoms with E-state index in [0.717, 1.165) is 48.5 Å². The number of esters is 7. The van der Waals surface area contributed by atoms with Crippen LogP contribution in [-0.2, 0) is 80.9 Å². The van der Waals surface area contributed by atoms with E-state index in [0.29, 0.717) is 0 Å². The molecule has 2 heterocycles. The summed E-state index contributed by atoms with van der Waals surface area (Å²) in [6.07, 6.45) is -14.8. The summed E-state index contributed by atoms with van der Waals surface area (Å²) < 4.78 is 54.9. The monoisotopic (exact) mass is 620 g/mol. The van der Waals surface area contributed by atoms with Crippen LogP contribution in [0.2, 0.25) is 0 Å². The Hall–Kier alpha value is -3.83. The predicted molar refractivity (Wildman–Crippen MR) is 134 cm³/mol. The van der Waals surface area contributed by atoms with Crippen molar-refractivity contribution >= 4 is 41.8 Å². The van der Waals surface area contributed by atoms with Gasteiger partial charge in [0.2, 0.25) is 6.29 Å². The maximum Gasteiger partial charge on any atom is 0.305 e. The number of hydrogen-bond donors (Lipinski definition) is 0. The van der Waals surface area contributed by atoms with E-state index in [4.69, 9.17) is 47.4 Å². The lowest BCUT2D eigenvalue weighted by atomic mass is 9.96. The highest BCUT2D eigenvalue weighted by Gasteiger charge is 2.57.